The standard InChI is InChI=1S/C14H10ClNO4/c1-20-14(19)10-6-8(2-3-11(10)15)12-7-9(13(17)18)4-5-16-12/h2-7H,1H3,(H,17,18). The summed E-state index contributed by atoms with van der Waals surface area (Å²) in [5, 5.41) is 9.22. The number of esters is 1. The average molecular weight is 292 g/mol. The second-order valence-corrected chi connectivity index (χ2v) is 4.33. The van der Waals surface area contributed by atoms with Crippen LogP contribution in [-0.4, -0.2) is 29.1 Å². The van der Waals surface area contributed by atoms with E-state index in [0.717, 1.165) is 0 Å². The number of aromatic carboxylic acids is 1. The molecule has 5 nitrogen and oxygen atoms in total. The van der Waals surface area contributed by atoms with Crippen molar-refractivity contribution in [3.63, 3.8) is 0 Å². The molecule has 0 amide bonds. The van der Waals surface area contributed by atoms with Crippen LogP contribution in [0.5, 0.6) is 0 Å². The number of aromatic nitrogens is 1. The molecule has 0 spiro atoms. The number of hydrogen-bond donors (Lipinski definition) is 1. The predicted octanol–water partition coefficient (Wildman–Crippen LogP) is 2.89. The van der Waals surface area contributed by atoms with Crippen molar-refractivity contribution in [3.8, 4) is 11.3 Å². The van der Waals surface area contributed by atoms with Crippen molar-refractivity contribution in [1.82, 2.24) is 4.98 Å². The molecule has 0 aliphatic heterocycles. The first-order chi connectivity index (χ1) is 9.52. The molecular weight excluding hydrogens is 282 g/mol. The maximum absolute atomic E-state index is 11.6. The van der Waals surface area contributed by atoms with Crippen LogP contribution in [0.3, 0.4) is 0 Å². The molecule has 0 aliphatic rings. The van der Waals surface area contributed by atoms with Crippen LogP contribution in [0.2, 0.25) is 5.02 Å². The van der Waals surface area contributed by atoms with Crippen molar-refractivity contribution >= 4 is 23.5 Å². The molecule has 6 heteroatoms. The normalized spacial score (nSPS) is 10.1. The van der Waals surface area contributed by atoms with E-state index >= 15 is 0 Å². The molecule has 0 unspecified atom stereocenters. The third kappa shape index (κ3) is 2.78. The molecule has 0 saturated carbocycles. The molecule has 2 rings (SSSR count). The van der Waals surface area contributed by atoms with Crippen LogP contribution >= 0.6 is 11.6 Å². The smallest absolute Gasteiger partial charge is 0.339 e. The van der Waals surface area contributed by atoms with E-state index in [9.17, 15) is 9.59 Å². The van der Waals surface area contributed by atoms with Gasteiger partial charge < -0.3 is 9.84 Å². The minimum absolute atomic E-state index is 0.115. The molecule has 0 fully saturated rings. The van der Waals surface area contributed by atoms with E-state index in [1.54, 1.807) is 6.07 Å². The first-order valence-electron chi connectivity index (χ1n) is 5.60. The second kappa shape index (κ2) is 5.71. The van der Waals surface area contributed by atoms with Gasteiger partial charge in [-0.1, -0.05) is 17.7 Å². The van der Waals surface area contributed by atoms with E-state index in [1.165, 1.54) is 37.6 Å². The lowest BCUT2D eigenvalue weighted by Gasteiger charge is -2.06. The van der Waals surface area contributed by atoms with Crippen LogP contribution < -0.4 is 0 Å². The minimum Gasteiger partial charge on any atom is -0.478 e. The van der Waals surface area contributed by atoms with Gasteiger partial charge >= 0.3 is 11.9 Å². The van der Waals surface area contributed by atoms with Gasteiger partial charge in [-0.05, 0) is 24.3 Å². The zero-order valence-electron chi connectivity index (χ0n) is 10.5. The maximum Gasteiger partial charge on any atom is 0.339 e. The predicted molar refractivity (Wildman–Crippen MR) is 73.0 cm³/mol. The zero-order valence-corrected chi connectivity index (χ0v) is 11.2. The molecule has 0 saturated heterocycles. The summed E-state index contributed by atoms with van der Waals surface area (Å²) in [6.45, 7) is 0. The Morgan fingerprint density at radius 1 is 1.25 bits per heavy atom. The minimum atomic E-state index is -1.05. The number of carboxylic acids is 1. The molecule has 1 aromatic carbocycles. The molecule has 2 aromatic rings. The summed E-state index contributed by atoms with van der Waals surface area (Å²) >= 11 is 5.92. The van der Waals surface area contributed by atoms with Gasteiger partial charge in [0.05, 0.1) is 29.0 Å². The fourth-order valence-corrected chi connectivity index (χ4v) is 1.87. The Kier molecular flexibility index (Phi) is 4.00. The fraction of sp³-hybridized carbons (Fsp3) is 0.0714. The summed E-state index contributed by atoms with van der Waals surface area (Å²) in [4.78, 5) is 26.6. The highest BCUT2D eigenvalue weighted by atomic mass is 35.5. The molecule has 102 valence electrons. The van der Waals surface area contributed by atoms with Gasteiger partial charge in [0.2, 0.25) is 0 Å². The third-order valence-corrected chi connectivity index (χ3v) is 3.00. The van der Waals surface area contributed by atoms with Gasteiger partial charge in [0.25, 0.3) is 0 Å². The van der Waals surface area contributed by atoms with Gasteiger partial charge in [-0.25, -0.2) is 9.59 Å². The van der Waals surface area contributed by atoms with Gasteiger partial charge in [0.15, 0.2) is 0 Å². The molecule has 1 N–H and O–H groups in total. The van der Waals surface area contributed by atoms with Crippen molar-refractivity contribution in [2.45, 2.75) is 0 Å². The summed E-state index contributed by atoms with van der Waals surface area (Å²) in [6.07, 6.45) is 1.39. The van der Waals surface area contributed by atoms with E-state index in [1.807, 2.05) is 0 Å². The molecule has 0 atom stereocenters. The van der Waals surface area contributed by atoms with Crippen molar-refractivity contribution < 1.29 is 19.4 Å². The number of hydrogen-bond acceptors (Lipinski definition) is 4. The number of ether oxygens (including phenoxy) is 1. The maximum atomic E-state index is 11.6. The summed E-state index contributed by atoms with van der Waals surface area (Å²) in [5.41, 5.74) is 1.34. The van der Waals surface area contributed by atoms with Crippen LogP contribution in [0.25, 0.3) is 11.3 Å². The van der Waals surface area contributed by atoms with Crippen molar-refractivity contribution in [2.75, 3.05) is 7.11 Å². The van der Waals surface area contributed by atoms with Crippen molar-refractivity contribution in [1.29, 1.82) is 0 Å². The van der Waals surface area contributed by atoms with E-state index < -0.39 is 11.9 Å². The zero-order chi connectivity index (χ0) is 14.7. The number of pyridine rings is 1. The van der Waals surface area contributed by atoms with Gasteiger partial charge in [-0.2, -0.15) is 0 Å². The number of benzene rings is 1. The van der Waals surface area contributed by atoms with Gasteiger partial charge in [-0.15, -0.1) is 0 Å². The molecule has 0 radical (unpaired) electrons. The van der Waals surface area contributed by atoms with E-state index in [2.05, 4.69) is 9.72 Å². The Balaban J connectivity index is 2.50. The molecule has 1 aromatic heterocycles. The van der Waals surface area contributed by atoms with Crippen LogP contribution in [0.15, 0.2) is 36.5 Å². The number of carbonyl (C=O) groups excluding carboxylic acids is 1. The first-order valence-corrected chi connectivity index (χ1v) is 5.98. The molecule has 20 heavy (non-hydrogen) atoms. The van der Waals surface area contributed by atoms with E-state index in [0.29, 0.717) is 11.3 Å². The number of carboxylic acid groups (broad SMARTS) is 1. The van der Waals surface area contributed by atoms with Gasteiger partial charge in [-0.3, -0.25) is 4.98 Å². The van der Waals surface area contributed by atoms with Crippen LogP contribution in [0.1, 0.15) is 20.7 Å². The van der Waals surface area contributed by atoms with Crippen LogP contribution in [0, 0.1) is 0 Å². The largest absolute Gasteiger partial charge is 0.478 e. The Morgan fingerprint density at radius 2 is 2.00 bits per heavy atom. The number of halogens is 1. The van der Waals surface area contributed by atoms with Gasteiger partial charge in [0, 0.05) is 11.8 Å². The summed E-state index contributed by atoms with van der Waals surface area (Å²) in [7, 11) is 1.26. The number of nitrogens with zero attached hydrogens (tertiary/aromatic N) is 1. The number of carbonyl (C=O) groups is 2. The summed E-state index contributed by atoms with van der Waals surface area (Å²) < 4.78 is 4.63. The summed E-state index contributed by atoms with van der Waals surface area (Å²) in [5.74, 6) is -1.61. The molecule has 0 bridgehead atoms. The summed E-state index contributed by atoms with van der Waals surface area (Å²) in [6, 6.07) is 7.53. The topological polar surface area (TPSA) is 76.5 Å². The Morgan fingerprint density at radius 3 is 2.65 bits per heavy atom. The molecule has 0 aliphatic carbocycles. The van der Waals surface area contributed by atoms with Crippen molar-refractivity contribution in [3.05, 3.63) is 52.7 Å². The number of methoxy groups -OCH3 is 1. The third-order valence-electron chi connectivity index (χ3n) is 2.67. The quantitative estimate of drug-likeness (QED) is 0.880. The Bertz CT molecular complexity index is 685. The monoisotopic (exact) mass is 291 g/mol. The second-order valence-electron chi connectivity index (χ2n) is 3.92. The molecule has 1 heterocycles. The Hall–Kier alpha value is -2.40. The highest BCUT2D eigenvalue weighted by molar-refractivity contribution is 6.33. The average Bonchev–Trinajstić information content (AvgIpc) is 2.47. The van der Waals surface area contributed by atoms with Crippen LogP contribution in [0.4, 0.5) is 0 Å². The van der Waals surface area contributed by atoms with Crippen molar-refractivity contribution in [2.24, 2.45) is 0 Å². The first kappa shape index (κ1) is 14.0. The Labute approximate surface area is 119 Å². The van der Waals surface area contributed by atoms with Crippen LogP contribution in [-0.2, 0) is 4.74 Å². The molecular formula is C14H10ClNO4. The van der Waals surface area contributed by atoms with E-state index in [4.69, 9.17) is 16.7 Å². The highest BCUT2D eigenvalue weighted by Gasteiger charge is 2.13. The highest BCUT2D eigenvalue weighted by Crippen LogP contribution is 2.25. The van der Waals surface area contributed by atoms with E-state index in [-0.39, 0.29) is 16.1 Å². The number of rotatable bonds is 3. The van der Waals surface area contributed by atoms with Gasteiger partial charge in [0.1, 0.15) is 0 Å². The SMILES string of the molecule is COC(=O)c1cc(-c2cc(C(=O)O)ccn2)ccc1Cl. The fourth-order valence-electron chi connectivity index (χ4n) is 1.67. The lowest BCUT2D eigenvalue weighted by Crippen LogP contribution is -2.03. The lowest BCUT2D eigenvalue weighted by atomic mass is 10.1. The lowest BCUT2D eigenvalue weighted by molar-refractivity contribution is 0.0600.